The number of nitrogens with zero attached hydrogens (tertiary/aromatic N) is 2. The fraction of sp³-hybridized carbons (Fsp3) is 0.176. The van der Waals surface area contributed by atoms with E-state index in [1.54, 1.807) is 22.8 Å². The summed E-state index contributed by atoms with van der Waals surface area (Å²) in [4.78, 5) is 17.0. The minimum absolute atomic E-state index is 0.0622. The Morgan fingerprint density at radius 1 is 1.00 bits per heavy atom. The second-order valence-electron chi connectivity index (χ2n) is 4.41. The number of rotatable bonds is 1. The van der Waals surface area contributed by atoms with Crippen molar-refractivity contribution in [2.45, 2.75) is 20.8 Å². The van der Waals surface area contributed by atoms with Crippen molar-refractivity contribution in [1.82, 2.24) is 9.55 Å². The molecule has 1 aromatic heterocycles. The smallest absolute Gasteiger partial charge is 0.265 e. The zero-order valence-electron chi connectivity index (χ0n) is 12.5. The first-order valence-corrected chi connectivity index (χ1v) is 7.01. The Labute approximate surface area is 123 Å². The Morgan fingerprint density at radius 2 is 1.62 bits per heavy atom. The minimum atomic E-state index is -0.0622. The van der Waals surface area contributed by atoms with E-state index in [-0.39, 0.29) is 5.56 Å². The molecule has 0 radical (unpaired) electrons. The molecule has 0 bridgehead atoms. The van der Waals surface area contributed by atoms with Crippen LogP contribution in [0.1, 0.15) is 19.7 Å². The highest BCUT2D eigenvalue weighted by molar-refractivity contribution is 5.77. The van der Waals surface area contributed by atoms with Crippen LogP contribution in [0.15, 0.2) is 53.3 Å². The number of benzene rings is 2. The number of anilines is 1. The van der Waals surface area contributed by atoms with Crippen molar-refractivity contribution in [2.24, 2.45) is 0 Å². The van der Waals surface area contributed by atoms with Crippen molar-refractivity contribution < 1.29 is 0 Å². The summed E-state index contributed by atoms with van der Waals surface area (Å²) in [6.45, 7) is 5.82. The maximum atomic E-state index is 12.5. The van der Waals surface area contributed by atoms with Gasteiger partial charge >= 0.3 is 0 Å². The Hall–Kier alpha value is -2.62. The molecule has 3 rings (SSSR count). The lowest BCUT2D eigenvalue weighted by Gasteiger charge is -2.10. The standard InChI is InChI=1S/C15H13N3O.C2H6/c1-10-17-14-5-3-2-4-13(14)15(19)18(10)12-8-6-11(16)7-9-12;1-2/h2-9H,16H2,1H3;1-2H3. The van der Waals surface area contributed by atoms with Gasteiger partial charge in [-0.25, -0.2) is 4.98 Å². The third-order valence-corrected chi connectivity index (χ3v) is 3.09. The van der Waals surface area contributed by atoms with Crippen LogP contribution in [0, 0.1) is 6.92 Å². The van der Waals surface area contributed by atoms with Gasteiger partial charge in [-0.3, -0.25) is 9.36 Å². The van der Waals surface area contributed by atoms with Gasteiger partial charge < -0.3 is 5.73 Å². The van der Waals surface area contributed by atoms with Crippen LogP contribution in [0.4, 0.5) is 5.69 Å². The fourth-order valence-corrected chi connectivity index (χ4v) is 2.17. The van der Waals surface area contributed by atoms with Crippen molar-refractivity contribution in [1.29, 1.82) is 0 Å². The largest absolute Gasteiger partial charge is 0.399 e. The minimum Gasteiger partial charge on any atom is -0.399 e. The molecule has 108 valence electrons. The molecule has 0 fully saturated rings. The van der Waals surface area contributed by atoms with Gasteiger partial charge in [-0.1, -0.05) is 26.0 Å². The molecule has 0 amide bonds. The number of aromatic nitrogens is 2. The van der Waals surface area contributed by atoms with E-state index in [4.69, 9.17) is 5.73 Å². The molecule has 2 aromatic carbocycles. The molecule has 0 spiro atoms. The van der Waals surface area contributed by atoms with Crippen molar-refractivity contribution in [2.75, 3.05) is 5.73 Å². The van der Waals surface area contributed by atoms with Gasteiger partial charge in [-0.2, -0.15) is 0 Å². The zero-order chi connectivity index (χ0) is 15.4. The maximum Gasteiger partial charge on any atom is 0.265 e. The van der Waals surface area contributed by atoms with Crippen molar-refractivity contribution in [3.05, 3.63) is 64.7 Å². The molecule has 21 heavy (non-hydrogen) atoms. The van der Waals surface area contributed by atoms with Crippen molar-refractivity contribution in [3.63, 3.8) is 0 Å². The van der Waals surface area contributed by atoms with Gasteiger partial charge in [0.2, 0.25) is 0 Å². The number of para-hydroxylation sites is 1. The highest BCUT2D eigenvalue weighted by Crippen LogP contribution is 2.13. The molecule has 4 heteroatoms. The van der Waals surface area contributed by atoms with Gasteiger partial charge in [0.1, 0.15) is 5.82 Å². The molecule has 0 aliphatic heterocycles. The van der Waals surface area contributed by atoms with E-state index in [0.717, 1.165) is 11.2 Å². The summed E-state index contributed by atoms with van der Waals surface area (Å²) in [5.74, 6) is 0.661. The average Bonchev–Trinajstić information content (AvgIpc) is 2.51. The molecule has 0 aliphatic carbocycles. The van der Waals surface area contributed by atoms with Crippen LogP contribution in [0.5, 0.6) is 0 Å². The Balaban J connectivity index is 0.000000774. The van der Waals surface area contributed by atoms with Crippen LogP contribution in [-0.2, 0) is 0 Å². The van der Waals surface area contributed by atoms with E-state index in [1.165, 1.54) is 0 Å². The molecule has 0 saturated carbocycles. The van der Waals surface area contributed by atoms with Gasteiger partial charge in [0.15, 0.2) is 0 Å². The maximum absolute atomic E-state index is 12.5. The number of aryl methyl sites for hydroxylation is 1. The predicted molar refractivity (Wildman–Crippen MR) is 87.8 cm³/mol. The molecule has 3 aromatic rings. The summed E-state index contributed by atoms with van der Waals surface area (Å²) in [5, 5.41) is 0.616. The van der Waals surface area contributed by atoms with Gasteiger partial charge in [-0.15, -0.1) is 0 Å². The van der Waals surface area contributed by atoms with Crippen LogP contribution in [-0.4, -0.2) is 9.55 Å². The molecule has 0 unspecified atom stereocenters. The zero-order valence-corrected chi connectivity index (χ0v) is 12.5. The van der Waals surface area contributed by atoms with E-state index in [2.05, 4.69) is 4.98 Å². The molecule has 4 nitrogen and oxygen atoms in total. The highest BCUT2D eigenvalue weighted by atomic mass is 16.1. The molecule has 2 N–H and O–H groups in total. The quantitative estimate of drug-likeness (QED) is 0.696. The van der Waals surface area contributed by atoms with Crippen LogP contribution in [0.25, 0.3) is 16.6 Å². The molecule has 1 heterocycles. The monoisotopic (exact) mass is 281 g/mol. The Bertz CT molecular complexity index is 804. The summed E-state index contributed by atoms with van der Waals surface area (Å²) in [6.07, 6.45) is 0. The van der Waals surface area contributed by atoms with Crippen molar-refractivity contribution in [3.8, 4) is 5.69 Å². The van der Waals surface area contributed by atoms with Crippen LogP contribution >= 0.6 is 0 Å². The van der Waals surface area contributed by atoms with Crippen LogP contribution < -0.4 is 11.3 Å². The molecule has 0 saturated heterocycles. The van der Waals surface area contributed by atoms with E-state index in [9.17, 15) is 4.79 Å². The Morgan fingerprint density at radius 3 is 2.29 bits per heavy atom. The Kier molecular flexibility index (Phi) is 4.38. The fourth-order valence-electron chi connectivity index (χ4n) is 2.17. The number of nitrogen functional groups attached to an aromatic ring is 1. The first-order valence-electron chi connectivity index (χ1n) is 7.01. The van der Waals surface area contributed by atoms with Gasteiger partial charge in [0.25, 0.3) is 5.56 Å². The number of hydrogen-bond acceptors (Lipinski definition) is 3. The molecule has 0 aliphatic rings. The highest BCUT2D eigenvalue weighted by Gasteiger charge is 2.08. The van der Waals surface area contributed by atoms with E-state index in [0.29, 0.717) is 16.9 Å². The van der Waals surface area contributed by atoms with Crippen LogP contribution in [0.3, 0.4) is 0 Å². The lowest BCUT2D eigenvalue weighted by Crippen LogP contribution is -2.22. The van der Waals surface area contributed by atoms with E-state index >= 15 is 0 Å². The third-order valence-electron chi connectivity index (χ3n) is 3.09. The summed E-state index contributed by atoms with van der Waals surface area (Å²) in [5.41, 5.74) is 7.77. The first kappa shape index (κ1) is 14.8. The van der Waals surface area contributed by atoms with Gasteiger partial charge in [0.05, 0.1) is 16.6 Å². The second-order valence-corrected chi connectivity index (χ2v) is 4.41. The first-order chi connectivity index (χ1) is 10.2. The number of fused-ring (bicyclic) bond motifs is 1. The topological polar surface area (TPSA) is 60.9 Å². The van der Waals surface area contributed by atoms with Crippen molar-refractivity contribution >= 4 is 16.6 Å². The lowest BCUT2D eigenvalue weighted by molar-refractivity contribution is 0.895. The third kappa shape index (κ3) is 2.79. The molecular formula is C17H19N3O. The molecule has 0 atom stereocenters. The summed E-state index contributed by atoms with van der Waals surface area (Å²) >= 11 is 0. The predicted octanol–water partition coefficient (Wildman–Crippen LogP) is 3.30. The summed E-state index contributed by atoms with van der Waals surface area (Å²) < 4.78 is 1.60. The van der Waals surface area contributed by atoms with Gasteiger partial charge in [0, 0.05) is 5.69 Å². The number of hydrogen-bond donors (Lipinski definition) is 1. The summed E-state index contributed by atoms with van der Waals surface area (Å²) in [7, 11) is 0. The SMILES string of the molecule is CC.Cc1nc2ccccc2c(=O)n1-c1ccc(N)cc1. The molecular weight excluding hydrogens is 262 g/mol. The lowest BCUT2D eigenvalue weighted by atomic mass is 10.2. The normalized spacial score (nSPS) is 10.0. The van der Waals surface area contributed by atoms with Gasteiger partial charge in [-0.05, 0) is 43.3 Å². The van der Waals surface area contributed by atoms with E-state index in [1.807, 2.05) is 51.1 Å². The van der Waals surface area contributed by atoms with Crippen LogP contribution in [0.2, 0.25) is 0 Å². The van der Waals surface area contributed by atoms with E-state index < -0.39 is 0 Å². The second kappa shape index (κ2) is 6.22. The number of nitrogens with two attached hydrogens (primary N) is 1. The summed E-state index contributed by atoms with van der Waals surface area (Å²) in [6, 6.07) is 14.5. The average molecular weight is 281 g/mol.